The van der Waals surface area contributed by atoms with Crippen molar-refractivity contribution in [2.45, 2.75) is 26.9 Å². The average Bonchev–Trinajstić information content (AvgIpc) is 3.08. The van der Waals surface area contributed by atoms with E-state index in [2.05, 4.69) is 15.4 Å². The van der Waals surface area contributed by atoms with Crippen molar-refractivity contribution in [2.24, 2.45) is 0 Å². The molecule has 0 aliphatic rings. The molecule has 3 aromatic rings. The summed E-state index contributed by atoms with van der Waals surface area (Å²) < 4.78 is 45.1. The van der Waals surface area contributed by atoms with Crippen LogP contribution in [0.25, 0.3) is 5.82 Å². The van der Waals surface area contributed by atoms with Gasteiger partial charge in [0.1, 0.15) is 12.4 Å². The summed E-state index contributed by atoms with van der Waals surface area (Å²) >= 11 is 0. The highest BCUT2D eigenvalue weighted by Crippen LogP contribution is 2.29. The molecule has 0 saturated heterocycles. The molecule has 30 heavy (non-hydrogen) atoms. The van der Waals surface area contributed by atoms with E-state index < -0.39 is 11.7 Å². The number of hydrogen-bond acceptors (Lipinski definition) is 4. The maximum absolute atomic E-state index is 12.7. The van der Waals surface area contributed by atoms with Gasteiger partial charge in [-0.2, -0.15) is 18.3 Å². The molecule has 3 rings (SSSR count). The van der Waals surface area contributed by atoms with E-state index in [1.807, 2.05) is 32.0 Å². The Morgan fingerprint density at radius 2 is 1.80 bits per heavy atom. The lowest BCUT2D eigenvalue weighted by Gasteiger charge is -2.12. The predicted molar refractivity (Wildman–Crippen MR) is 105 cm³/mol. The van der Waals surface area contributed by atoms with E-state index in [4.69, 9.17) is 4.74 Å². The Hall–Kier alpha value is -3.36. The van der Waals surface area contributed by atoms with Gasteiger partial charge in [-0.1, -0.05) is 18.2 Å². The van der Waals surface area contributed by atoms with Crippen LogP contribution in [-0.4, -0.2) is 33.8 Å². The molecular formula is C21H21F3N4O2. The van der Waals surface area contributed by atoms with Crippen molar-refractivity contribution in [1.29, 1.82) is 0 Å². The van der Waals surface area contributed by atoms with E-state index in [1.54, 1.807) is 6.92 Å². The summed E-state index contributed by atoms with van der Waals surface area (Å²) in [6, 6.07) is 7.99. The first-order chi connectivity index (χ1) is 14.2. The lowest BCUT2D eigenvalue weighted by molar-refractivity contribution is -0.137. The number of carbonyl (C=O) groups is 1. The molecule has 9 heteroatoms. The van der Waals surface area contributed by atoms with E-state index in [-0.39, 0.29) is 18.3 Å². The molecular weight excluding hydrogens is 397 g/mol. The lowest BCUT2D eigenvalue weighted by atomic mass is 10.1. The number of rotatable bonds is 6. The van der Waals surface area contributed by atoms with Gasteiger partial charge in [0.15, 0.2) is 5.82 Å². The summed E-state index contributed by atoms with van der Waals surface area (Å²) in [5.74, 6) is 0.637. The molecule has 0 fully saturated rings. The quantitative estimate of drug-likeness (QED) is 0.614. The average molecular weight is 418 g/mol. The van der Waals surface area contributed by atoms with Crippen molar-refractivity contribution in [3.63, 3.8) is 0 Å². The summed E-state index contributed by atoms with van der Waals surface area (Å²) in [7, 11) is 0. The van der Waals surface area contributed by atoms with Crippen LogP contribution < -0.4 is 10.1 Å². The summed E-state index contributed by atoms with van der Waals surface area (Å²) in [5, 5.41) is 6.84. The Morgan fingerprint density at radius 1 is 1.10 bits per heavy atom. The number of aromatic nitrogens is 3. The first-order valence-corrected chi connectivity index (χ1v) is 9.24. The topological polar surface area (TPSA) is 69.0 Å². The molecule has 0 spiro atoms. The smallest absolute Gasteiger partial charge is 0.417 e. The van der Waals surface area contributed by atoms with Crippen LogP contribution in [0.3, 0.4) is 0 Å². The van der Waals surface area contributed by atoms with Gasteiger partial charge in [-0.25, -0.2) is 9.67 Å². The second kappa shape index (κ2) is 8.56. The number of nitrogens with zero attached hydrogens (tertiary/aromatic N) is 3. The van der Waals surface area contributed by atoms with Gasteiger partial charge >= 0.3 is 6.18 Å². The molecule has 2 heterocycles. The molecule has 158 valence electrons. The fourth-order valence-electron chi connectivity index (χ4n) is 2.98. The Labute approximate surface area is 171 Å². The fourth-order valence-corrected chi connectivity index (χ4v) is 2.98. The zero-order chi connectivity index (χ0) is 21.9. The van der Waals surface area contributed by atoms with Crippen LogP contribution in [0.2, 0.25) is 0 Å². The first-order valence-electron chi connectivity index (χ1n) is 9.24. The number of pyridine rings is 1. The van der Waals surface area contributed by atoms with E-state index in [9.17, 15) is 18.0 Å². The molecule has 0 aliphatic carbocycles. The maximum Gasteiger partial charge on any atom is 0.417 e. The number of aryl methyl sites for hydroxylation is 2. The minimum Gasteiger partial charge on any atom is -0.491 e. The van der Waals surface area contributed by atoms with Crippen molar-refractivity contribution in [3.05, 3.63) is 70.7 Å². The second-order valence-corrected chi connectivity index (χ2v) is 6.78. The normalized spacial score (nSPS) is 11.4. The third-order valence-electron chi connectivity index (χ3n) is 4.59. The Kier molecular flexibility index (Phi) is 6.09. The number of para-hydroxylation sites is 1. The molecule has 2 aromatic heterocycles. The van der Waals surface area contributed by atoms with E-state index >= 15 is 0 Å². The summed E-state index contributed by atoms with van der Waals surface area (Å²) in [4.78, 5) is 16.3. The van der Waals surface area contributed by atoms with E-state index in [1.165, 1.54) is 16.9 Å². The van der Waals surface area contributed by atoms with Gasteiger partial charge in [0.05, 0.1) is 29.6 Å². The Balaban J connectivity index is 1.62. The molecule has 1 amide bonds. The highest BCUT2D eigenvalue weighted by atomic mass is 19.4. The molecule has 0 aliphatic heterocycles. The van der Waals surface area contributed by atoms with Crippen LogP contribution in [0.1, 0.15) is 32.7 Å². The first kappa shape index (κ1) is 21.4. The summed E-state index contributed by atoms with van der Waals surface area (Å²) in [6.07, 6.45) is -2.37. The molecule has 1 aromatic carbocycles. The SMILES string of the molecule is Cc1cccc(C)c1OCCNC(=O)c1cnn(-c2ccc(C(F)(F)F)cn2)c1C. The van der Waals surface area contributed by atoms with Crippen molar-refractivity contribution in [3.8, 4) is 11.6 Å². The van der Waals surface area contributed by atoms with Crippen LogP contribution in [0, 0.1) is 20.8 Å². The van der Waals surface area contributed by atoms with Crippen LogP contribution in [0.4, 0.5) is 13.2 Å². The minimum atomic E-state index is -4.46. The van der Waals surface area contributed by atoms with Crippen LogP contribution in [-0.2, 0) is 6.18 Å². The maximum atomic E-state index is 12.7. The largest absolute Gasteiger partial charge is 0.491 e. The Morgan fingerprint density at radius 3 is 2.40 bits per heavy atom. The van der Waals surface area contributed by atoms with Gasteiger partial charge in [0.2, 0.25) is 0 Å². The number of ether oxygens (including phenoxy) is 1. The van der Waals surface area contributed by atoms with Crippen molar-refractivity contribution < 1.29 is 22.7 Å². The van der Waals surface area contributed by atoms with Crippen molar-refractivity contribution in [1.82, 2.24) is 20.1 Å². The monoisotopic (exact) mass is 418 g/mol. The third-order valence-corrected chi connectivity index (χ3v) is 4.59. The summed E-state index contributed by atoms with van der Waals surface area (Å²) in [6.45, 7) is 6.14. The fraction of sp³-hybridized carbons (Fsp3) is 0.286. The van der Waals surface area contributed by atoms with Crippen LogP contribution in [0.5, 0.6) is 5.75 Å². The number of nitrogens with one attached hydrogen (secondary N) is 1. The minimum absolute atomic E-state index is 0.193. The molecule has 6 nitrogen and oxygen atoms in total. The van der Waals surface area contributed by atoms with Crippen molar-refractivity contribution in [2.75, 3.05) is 13.2 Å². The lowest BCUT2D eigenvalue weighted by Crippen LogP contribution is -2.28. The van der Waals surface area contributed by atoms with Gasteiger partial charge < -0.3 is 10.1 Å². The zero-order valence-electron chi connectivity index (χ0n) is 16.7. The van der Waals surface area contributed by atoms with Gasteiger partial charge in [0.25, 0.3) is 5.91 Å². The summed E-state index contributed by atoms with van der Waals surface area (Å²) in [5.41, 5.74) is 1.96. The number of hydrogen-bond donors (Lipinski definition) is 1. The predicted octanol–water partition coefficient (Wildman–Crippen LogP) is 4.02. The molecule has 0 saturated carbocycles. The second-order valence-electron chi connectivity index (χ2n) is 6.78. The number of benzene rings is 1. The molecule has 0 unspecified atom stereocenters. The van der Waals surface area contributed by atoms with Gasteiger partial charge in [-0.3, -0.25) is 4.79 Å². The van der Waals surface area contributed by atoms with Crippen molar-refractivity contribution >= 4 is 5.91 Å². The Bertz CT molecular complexity index is 1020. The standard InChI is InChI=1S/C21H21F3N4O2/c1-13-5-4-6-14(2)19(13)30-10-9-25-20(29)17-12-27-28(15(17)3)18-8-7-16(11-26-18)21(22,23)24/h4-8,11-12H,9-10H2,1-3H3,(H,25,29). The van der Waals surface area contributed by atoms with E-state index in [0.29, 0.717) is 17.9 Å². The van der Waals surface area contributed by atoms with Crippen LogP contribution >= 0.6 is 0 Å². The number of halogens is 3. The van der Waals surface area contributed by atoms with Gasteiger partial charge in [-0.15, -0.1) is 0 Å². The molecule has 1 N–H and O–H groups in total. The molecule has 0 bridgehead atoms. The number of carbonyl (C=O) groups excluding carboxylic acids is 1. The highest BCUT2D eigenvalue weighted by molar-refractivity contribution is 5.95. The van der Waals surface area contributed by atoms with Gasteiger partial charge in [0, 0.05) is 6.20 Å². The highest BCUT2D eigenvalue weighted by Gasteiger charge is 2.30. The third kappa shape index (κ3) is 4.61. The van der Waals surface area contributed by atoms with E-state index in [0.717, 1.165) is 29.1 Å². The number of alkyl halides is 3. The number of amides is 1. The zero-order valence-corrected chi connectivity index (χ0v) is 16.7. The van der Waals surface area contributed by atoms with Crippen LogP contribution in [0.15, 0.2) is 42.7 Å². The molecule has 0 radical (unpaired) electrons. The van der Waals surface area contributed by atoms with Gasteiger partial charge in [-0.05, 0) is 44.0 Å². The molecule has 0 atom stereocenters.